The van der Waals surface area contributed by atoms with Crippen LogP contribution in [0.15, 0.2) is 18.3 Å². The predicted molar refractivity (Wildman–Crippen MR) is 71.4 cm³/mol. The molecule has 1 aliphatic rings. The van der Waals surface area contributed by atoms with Crippen LogP contribution in [0.25, 0.3) is 0 Å². The van der Waals surface area contributed by atoms with Crippen molar-refractivity contribution in [1.29, 1.82) is 0 Å². The lowest BCUT2D eigenvalue weighted by molar-refractivity contribution is 0.0684. The number of carbonyl (C=O) groups excluding carboxylic acids is 1. The molecule has 0 aliphatic carbocycles. The van der Waals surface area contributed by atoms with E-state index in [9.17, 15) is 9.18 Å². The molecule has 5 heteroatoms. The van der Waals surface area contributed by atoms with Gasteiger partial charge in [-0.05, 0) is 44.0 Å². The van der Waals surface area contributed by atoms with Crippen LogP contribution in [0, 0.1) is 11.7 Å². The Labute approximate surface area is 113 Å². The Morgan fingerprint density at radius 3 is 2.79 bits per heavy atom. The Bertz CT molecular complexity index is 413. The molecule has 1 amide bonds. The summed E-state index contributed by atoms with van der Waals surface area (Å²) in [4.78, 5) is 17.8. The molecular formula is C14H20FN3O. The van der Waals surface area contributed by atoms with E-state index in [1.54, 1.807) is 0 Å². The molecule has 4 nitrogen and oxygen atoms in total. The summed E-state index contributed by atoms with van der Waals surface area (Å²) in [5.74, 6) is 0.132. The number of carbonyl (C=O) groups is 1. The van der Waals surface area contributed by atoms with Gasteiger partial charge in [-0.3, -0.25) is 4.79 Å². The number of hydrogen-bond donors (Lipinski definition) is 1. The van der Waals surface area contributed by atoms with Gasteiger partial charge in [0.1, 0.15) is 11.5 Å². The van der Waals surface area contributed by atoms with E-state index in [2.05, 4.69) is 17.2 Å². The SMILES string of the molecule is CCNCC1CCN(C(=O)c2ccc(F)cn2)CC1. The zero-order valence-corrected chi connectivity index (χ0v) is 11.2. The standard InChI is InChI=1S/C14H20FN3O/c1-2-16-9-11-5-7-18(8-6-11)14(19)13-4-3-12(15)10-17-13/h3-4,10-11,16H,2,5-9H2,1H3. The highest BCUT2D eigenvalue weighted by molar-refractivity contribution is 5.92. The fourth-order valence-corrected chi connectivity index (χ4v) is 2.35. The number of nitrogens with one attached hydrogen (secondary N) is 1. The van der Waals surface area contributed by atoms with Crippen LogP contribution < -0.4 is 5.32 Å². The summed E-state index contributed by atoms with van der Waals surface area (Å²) in [5.41, 5.74) is 0.325. The maximum Gasteiger partial charge on any atom is 0.272 e. The quantitative estimate of drug-likeness (QED) is 0.901. The molecular weight excluding hydrogens is 245 g/mol. The second kappa shape index (κ2) is 6.61. The average Bonchev–Trinajstić information content (AvgIpc) is 2.46. The van der Waals surface area contributed by atoms with Crippen LogP contribution in [-0.4, -0.2) is 42.0 Å². The van der Waals surface area contributed by atoms with Gasteiger partial charge in [0, 0.05) is 13.1 Å². The highest BCUT2D eigenvalue weighted by Crippen LogP contribution is 2.18. The number of aromatic nitrogens is 1. The lowest BCUT2D eigenvalue weighted by atomic mass is 9.96. The van der Waals surface area contributed by atoms with Crippen molar-refractivity contribution in [3.8, 4) is 0 Å². The van der Waals surface area contributed by atoms with Crippen molar-refractivity contribution in [1.82, 2.24) is 15.2 Å². The maximum absolute atomic E-state index is 12.8. The van der Waals surface area contributed by atoms with E-state index in [0.29, 0.717) is 11.6 Å². The molecule has 1 aliphatic heterocycles. The second-order valence-corrected chi connectivity index (χ2v) is 4.90. The fraction of sp³-hybridized carbons (Fsp3) is 0.571. The van der Waals surface area contributed by atoms with E-state index in [0.717, 1.165) is 45.2 Å². The number of nitrogens with zero attached hydrogens (tertiary/aromatic N) is 2. The smallest absolute Gasteiger partial charge is 0.272 e. The van der Waals surface area contributed by atoms with Gasteiger partial charge in [0.25, 0.3) is 5.91 Å². The molecule has 1 aromatic rings. The Morgan fingerprint density at radius 1 is 1.47 bits per heavy atom. The summed E-state index contributed by atoms with van der Waals surface area (Å²) in [6.07, 6.45) is 3.12. The normalized spacial score (nSPS) is 16.6. The Balaban J connectivity index is 1.87. The van der Waals surface area contributed by atoms with Crippen molar-refractivity contribution in [3.05, 3.63) is 29.8 Å². The monoisotopic (exact) mass is 265 g/mol. The molecule has 104 valence electrons. The molecule has 1 aromatic heterocycles. The van der Waals surface area contributed by atoms with Crippen molar-refractivity contribution >= 4 is 5.91 Å². The van der Waals surface area contributed by atoms with Gasteiger partial charge < -0.3 is 10.2 Å². The largest absolute Gasteiger partial charge is 0.337 e. The number of rotatable bonds is 4. The third kappa shape index (κ3) is 3.73. The number of pyridine rings is 1. The third-order valence-corrected chi connectivity index (χ3v) is 3.53. The lowest BCUT2D eigenvalue weighted by Crippen LogP contribution is -2.41. The van der Waals surface area contributed by atoms with Gasteiger partial charge >= 0.3 is 0 Å². The zero-order chi connectivity index (χ0) is 13.7. The zero-order valence-electron chi connectivity index (χ0n) is 11.2. The number of hydrogen-bond acceptors (Lipinski definition) is 3. The molecule has 1 N–H and O–H groups in total. The molecule has 0 unspecified atom stereocenters. The molecule has 0 saturated carbocycles. The van der Waals surface area contributed by atoms with E-state index in [-0.39, 0.29) is 5.91 Å². The van der Waals surface area contributed by atoms with Crippen molar-refractivity contribution in [2.24, 2.45) is 5.92 Å². The van der Waals surface area contributed by atoms with Gasteiger partial charge in [-0.2, -0.15) is 0 Å². The molecule has 1 saturated heterocycles. The summed E-state index contributed by atoms with van der Waals surface area (Å²) in [6.45, 7) is 5.62. The number of halogens is 1. The molecule has 2 heterocycles. The van der Waals surface area contributed by atoms with Crippen molar-refractivity contribution < 1.29 is 9.18 Å². The van der Waals surface area contributed by atoms with Gasteiger partial charge in [-0.25, -0.2) is 9.37 Å². The molecule has 2 rings (SSSR count). The molecule has 19 heavy (non-hydrogen) atoms. The topological polar surface area (TPSA) is 45.2 Å². The van der Waals surface area contributed by atoms with Gasteiger partial charge in [0.15, 0.2) is 0 Å². The Hall–Kier alpha value is -1.49. The summed E-state index contributed by atoms with van der Waals surface area (Å²) in [7, 11) is 0. The summed E-state index contributed by atoms with van der Waals surface area (Å²) in [6, 6.07) is 2.72. The van der Waals surface area contributed by atoms with Crippen LogP contribution >= 0.6 is 0 Å². The number of likely N-dealkylation sites (tertiary alicyclic amines) is 1. The minimum Gasteiger partial charge on any atom is -0.337 e. The molecule has 0 radical (unpaired) electrons. The first-order valence-electron chi connectivity index (χ1n) is 6.82. The van der Waals surface area contributed by atoms with Crippen LogP contribution in [0.2, 0.25) is 0 Å². The molecule has 1 fully saturated rings. The number of amides is 1. The third-order valence-electron chi connectivity index (χ3n) is 3.53. The molecule has 0 bridgehead atoms. The minimum atomic E-state index is -0.416. The van der Waals surface area contributed by atoms with Gasteiger partial charge in [-0.1, -0.05) is 6.92 Å². The van der Waals surface area contributed by atoms with Gasteiger partial charge in [0.2, 0.25) is 0 Å². The first kappa shape index (κ1) is 13.9. The number of piperidine rings is 1. The van der Waals surface area contributed by atoms with Crippen LogP contribution in [0.1, 0.15) is 30.3 Å². The van der Waals surface area contributed by atoms with E-state index < -0.39 is 5.82 Å². The first-order valence-corrected chi connectivity index (χ1v) is 6.82. The second-order valence-electron chi connectivity index (χ2n) is 4.90. The predicted octanol–water partition coefficient (Wildman–Crippen LogP) is 1.68. The van der Waals surface area contributed by atoms with E-state index in [4.69, 9.17) is 0 Å². The van der Waals surface area contributed by atoms with Crippen molar-refractivity contribution in [2.45, 2.75) is 19.8 Å². The maximum atomic E-state index is 12.8. The average molecular weight is 265 g/mol. The summed E-state index contributed by atoms with van der Waals surface area (Å²) >= 11 is 0. The Morgan fingerprint density at radius 2 is 2.21 bits per heavy atom. The molecule has 0 aromatic carbocycles. The molecule has 0 spiro atoms. The van der Waals surface area contributed by atoms with Crippen LogP contribution in [0.3, 0.4) is 0 Å². The van der Waals surface area contributed by atoms with Gasteiger partial charge in [0.05, 0.1) is 6.20 Å². The van der Waals surface area contributed by atoms with Crippen LogP contribution in [-0.2, 0) is 0 Å². The van der Waals surface area contributed by atoms with Crippen molar-refractivity contribution in [2.75, 3.05) is 26.2 Å². The van der Waals surface area contributed by atoms with E-state index >= 15 is 0 Å². The molecule has 0 atom stereocenters. The minimum absolute atomic E-state index is 0.0955. The van der Waals surface area contributed by atoms with Crippen molar-refractivity contribution in [3.63, 3.8) is 0 Å². The van der Waals surface area contributed by atoms with E-state index in [1.807, 2.05) is 4.90 Å². The van der Waals surface area contributed by atoms with Crippen LogP contribution in [0.5, 0.6) is 0 Å². The lowest BCUT2D eigenvalue weighted by Gasteiger charge is -2.31. The van der Waals surface area contributed by atoms with Gasteiger partial charge in [-0.15, -0.1) is 0 Å². The highest BCUT2D eigenvalue weighted by atomic mass is 19.1. The summed E-state index contributed by atoms with van der Waals surface area (Å²) < 4.78 is 12.8. The van der Waals surface area contributed by atoms with Crippen LogP contribution in [0.4, 0.5) is 4.39 Å². The van der Waals surface area contributed by atoms with E-state index in [1.165, 1.54) is 12.1 Å². The first-order chi connectivity index (χ1) is 9.20. The Kier molecular flexibility index (Phi) is 4.85. The summed E-state index contributed by atoms with van der Waals surface area (Å²) in [5, 5.41) is 3.34. The fourth-order valence-electron chi connectivity index (χ4n) is 2.35. The highest BCUT2D eigenvalue weighted by Gasteiger charge is 2.23.